The molecule has 2 fully saturated rings. The molecule has 0 radical (unpaired) electrons. The van der Waals surface area contributed by atoms with Gasteiger partial charge in [0.25, 0.3) is 0 Å². The van der Waals surface area contributed by atoms with E-state index < -0.39 is 6.10 Å². The number of fused-ring (bicyclic) bond motifs is 1. The number of nitrogens with one attached hydrogen (secondary N) is 1. The molecule has 1 saturated carbocycles. The van der Waals surface area contributed by atoms with E-state index in [1.54, 1.807) is 11.8 Å². The zero-order valence-electron chi connectivity index (χ0n) is 18.7. The maximum Gasteiger partial charge on any atom is 0.237 e. The predicted molar refractivity (Wildman–Crippen MR) is 124 cm³/mol. The second-order valence-electron chi connectivity index (χ2n) is 10.1. The molecule has 1 heterocycles. The van der Waals surface area contributed by atoms with Crippen molar-refractivity contribution in [3.05, 3.63) is 30.3 Å². The van der Waals surface area contributed by atoms with Gasteiger partial charge in [-0.25, -0.2) is 0 Å². The number of aliphatic hydroxyl groups excluding tert-OH is 1. The molecule has 3 rings (SSSR count). The number of nitrogens with two attached hydrogens (primary N) is 1. The first-order valence-corrected chi connectivity index (χ1v) is 12.4. The molecule has 0 bridgehead atoms. The van der Waals surface area contributed by atoms with E-state index in [9.17, 15) is 9.90 Å². The third-order valence-electron chi connectivity index (χ3n) is 6.40. The van der Waals surface area contributed by atoms with E-state index in [0.29, 0.717) is 24.1 Å². The Morgan fingerprint density at radius 3 is 2.57 bits per heavy atom. The Bertz CT molecular complexity index is 679. The average Bonchev–Trinajstić information content (AvgIpc) is 2.71. The van der Waals surface area contributed by atoms with Gasteiger partial charge in [-0.15, -0.1) is 11.8 Å². The summed E-state index contributed by atoms with van der Waals surface area (Å²) in [5.41, 5.74) is 6.08. The van der Waals surface area contributed by atoms with Crippen molar-refractivity contribution in [2.45, 2.75) is 81.5 Å². The van der Waals surface area contributed by atoms with Crippen LogP contribution in [0.2, 0.25) is 0 Å². The summed E-state index contributed by atoms with van der Waals surface area (Å²) in [6.07, 6.45) is 5.27. The van der Waals surface area contributed by atoms with Crippen LogP contribution in [0.15, 0.2) is 35.2 Å². The molecule has 1 amide bonds. The Labute approximate surface area is 186 Å². The fraction of sp³-hybridized carbons (Fsp3) is 0.708. The largest absolute Gasteiger partial charge is 0.390 e. The van der Waals surface area contributed by atoms with E-state index in [1.807, 2.05) is 39.0 Å². The Hall–Kier alpha value is -1.08. The number of rotatable bonds is 7. The highest BCUT2D eigenvalue weighted by Crippen LogP contribution is 2.38. The van der Waals surface area contributed by atoms with Gasteiger partial charge in [0.2, 0.25) is 5.91 Å². The van der Waals surface area contributed by atoms with Gasteiger partial charge in [-0.2, -0.15) is 0 Å². The van der Waals surface area contributed by atoms with Gasteiger partial charge in [-0.1, -0.05) is 37.5 Å². The summed E-state index contributed by atoms with van der Waals surface area (Å²) in [5.74, 6) is 2.01. The monoisotopic (exact) mass is 433 g/mol. The molecule has 0 spiro atoms. The van der Waals surface area contributed by atoms with Crippen LogP contribution in [-0.4, -0.2) is 58.5 Å². The number of nitrogens with zero attached hydrogens (tertiary/aromatic N) is 1. The van der Waals surface area contributed by atoms with Crippen molar-refractivity contribution in [2.75, 3.05) is 18.8 Å². The van der Waals surface area contributed by atoms with Crippen molar-refractivity contribution in [1.29, 1.82) is 0 Å². The van der Waals surface area contributed by atoms with Gasteiger partial charge >= 0.3 is 0 Å². The second-order valence-corrected chi connectivity index (χ2v) is 11.2. The Morgan fingerprint density at radius 2 is 1.90 bits per heavy atom. The lowest BCUT2D eigenvalue weighted by Crippen LogP contribution is -2.59. The van der Waals surface area contributed by atoms with Crippen LogP contribution < -0.4 is 11.1 Å². The number of aliphatic hydroxyl groups is 1. The zero-order valence-corrected chi connectivity index (χ0v) is 19.5. The highest BCUT2D eigenvalue weighted by molar-refractivity contribution is 7.99. The number of likely N-dealkylation sites (tertiary alicyclic amines) is 1. The van der Waals surface area contributed by atoms with Crippen LogP contribution in [0.4, 0.5) is 0 Å². The van der Waals surface area contributed by atoms with E-state index in [0.717, 1.165) is 17.9 Å². The van der Waals surface area contributed by atoms with Gasteiger partial charge in [-0.3, -0.25) is 9.69 Å². The zero-order chi connectivity index (χ0) is 21.7. The number of carbonyl (C=O) groups is 1. The first-order valence-electron chi connectivity index (χ1n) is 11.4. The van der Waals surface area contributed by atoms with Crippen molar-refractivity contribution < 1.29 is 9.90 Å². The molecule has 168 valence electrons. The topological polar surface area (TPSA) is 78.6 Å². The van der Waals surface area contributed by atoms with Gasteiger partial charge in [0.1, 0.15) is 0 Å². The Kier molecular flexibility index (Phi) is 8.24. The molecule has 1 aliphatic carbocycles. The summed E-state index contributed by atoms with van der Waals surface area (Å²) >= 11 is 1.67. The quantitative estimate of drug-likeness (QED) is 0.575. The standard InChI is InChI=1S/C24H39N3O2S/c1-24(2,3)26-23(29)21-13-17-9-7-8-10-18(17)14-27(21)15-22(28)20(25)16-30-19-11-5-4-6-12-19/h4-6,11-12,17-18,20-22,28H,7-10,13-16,25H2,1-3H3,(H,26,29)/t17-,18+,20+,21-,22-/m0/s1. The van der Waals surface area contributed by atoms with Crippen LogP contribution in [0, 0.1) is 11.8 Å². The number of thioether (sulfide) groups is 1. The van der Waals surface area contributed by atoms with Crippen LogP contribution in [0.1, 0.15) is 52.9 Å². The summed E-state index contributed by atoms with van der Waals surface area (Å²) in [5, 5.41) is 14.0. The number of hydrogen-bond donors (Lipinski definition) is 3. The molecule has 1 aromatic carbocycles. The number of β-amino-alcohol motifs (C(OH)–C–C–N with tert-alkyl or cyclic N) is 1. The second kappa shape index (κ2) is 10.5. The summed E-state index contributed by atoms with van der Waals surface area (Å²) < 4.78 is 0. The number of piperidine rings is 1. The van der Waals surface area contributed by atoms with Gasteiger partial charge in [-0.05, 0) is 57.6 Å². The van der Waals surface area contributed by atoms with Crippen LogP contribution in [0.5, 0.6) is 0 Å². The van der Waals surface area contributed by atoms with Crippen molar-refractivity contribution in [3.8, 4) is 0 Å². The molecule has 1 saturated heterocycles. The van der Waals surface area contributed by atoms with Gasteiger partial charge in [0.15, 0.2) is 0 Å². The van der Waals surface area contributed by atoms with Crippen LogP contribution in [-0.2, 0) is 4.79 Å². The van der Waals surface area contributed by atoms with Crippen molar-refractivity contribution >= 4 is 17.7 Å². The van der Waals surface area contributed by atoms with E-state index in [-0.39, 0.29) is 23.5 Å². The number of carbonyl (C=O) groups excluding carboxylic acids is 1. The minimum atomic E-state index is -0.647. The third kappa shape index (κ3) is 6.71. The first kappa shape index (κ1) is 23.6. The van der Waals surface area contributed by atoms with Crippen molar-refractivity contribution in [2.24, 2.45) is 17.6 Å². The van der Waals surface area contributed by atoms with E-state index in [2.05, 4.69) is 22.3 Å². The maximum atomic E-state index is 13.1. The fourth-order valence-electron chi connectivity index (χ4n) is 4.82. The van der Waals surface area contributed by atoms with Crippen LogP contribution >= 0.6 is 11.8 Å². The molecular weight excluding hydrogens is 394 g/mol. The molecule has 2 aliphatic rings. The molecule has 5 nitrogen and oxygen atoms in total. The van der Waals surface area contributed by atoms with Crippen molar-refractivity contribution in [1.82, 2.24) is 10.2 Å². The van der Waals surface area contributed by atoms with Crippen molar-refractivity contribution in [3.63, 3.8) is 0 Å². The Balaban J connectivity index is 1.62. The molecular formula is C24H39N3O2S. The summed E-state index contributed by atoms with van der Waals surface area (Å²) in [6, 6.07) is 9.64. The number of amides is 1. The SMILES string of the molecule is CC(C)(C)NC(=O)[C@@H]1C[C@@H]2CCCC[C@@H]2CN1C[C@H](O)[C@H](N)CSc1ccccc1. The molecule has 4 N–H and O–H groups in total. The minimum absolute atomic E-state index is 0.0888. The molecule has 1 aliphatic heterocycles. The minimum Gasteiger partial charge on any atom is -0.390 e. The molecule has 30 heavy (non-hydrogen) atoms. The lowest BCUT2D eigenvalue weighted by atomic mass is 9.72. The lowest BCUT2D eigenvalue weighted by Gasteiger charge is -2.46. The molecule has 1 aromatic rings. The smallest absolute Gasteiger partial charge is 0.237 e. The predicted octanol–water partition coefficient (Wildman–Crippen LogP) is 3.26. The lowest BCUT2D eigenvalue weighted by molar-refractivity contribution is -0.132. The molecule has 5 atom stereocenters. The van der Waals surface area contributed by atoms with Gasteiger partial charge in [0.05, 0.1) is 12.1 Å². The molecule has 0 unspecified atom stereocenters. The summed E-state index contributed by atoms with van der Waals surface area (Å²) in [4.78, 5) is 16.5. The summed E-state index contributed by atoms with van der Waals surface area (Å²) in [7, 11) is 0. The number of hydrogen-bond acceptors (Lipinski definition) is 5. The maximum absolute atomic E-state index is 13.1. The van der Waals surface area contributed by atoms with Crippen LogP contribution in [0.3, 0.4) is 0 Å². The van der Waals surface area contributed by atoms with Gasteiger partial charge in [0, 0.05) is 35.3 Å². The highest BCUT2D eigenvalue weighted by Gasteiger charge is 2.41. The van der Waals surface area contributed by atoms with E-state index in [4.69, 9.17) is 5.73 Å². The average molecular weight is 434 g/mol. The highest BCUT2D eigenvalue weighted by atomic mass is 32.2. The first-order chi connectivity index (χ1) is 14.2. The van der Waals surface area contributed by atoms with Crippen LogP contribution in [0.25, 0.3) is 0 Å². The normalized spacial score (nSPS) is 27.2. The van der Waals surface area contributed by atoms with E-state index >= 15 is 0 Å². The third-order valence-corrected chi connectivity index (χ3v) is 7.56. The molecule has 0 aromatic heterocycles. The van der Waals surface area contributed by atoms with E-state index in [1.165, 1.54) is 25.7 Å². The number of benzene rings is 1. The fourth-order valence-corrected chi connectivity index (χ4v) is 5.78. The van der Waals surface area contributed by atoms with Gasteiger partial charge < -0.3 is 16.2 Å². The Morgan fingerprint density at radius 1 is 1.23 bits per heavy atom. The molecule has 6 heteroatoms. The summed E-state index contributed by atoms with van der Waals surface area (Å²) in [6.45, 7) is 7.41.